The molecular weight excluding hydrogens is 266 g/mol. The first kappa shape index (κ1) is 15.6. The molecule has 0 radical (unpaired) electrons. The summed E-state index contributed by atoms with van der Waals surface area (Å²) in [6.07, 6.45) is 2.53. The fraction of sp³-hybridized carbons (Fsp3) is 0.562. The molecule has 116 valence electrons. The zero-order valence-electron chi connectivity index (χ0n) is 13.0. The number of ether oxygens (including phenoxy) is 1. The van der Waals surface area contributed by atoms with Crippen molar-refractivity contribution in [3.8, 4) is 5.75 Å². The molecule has 4 N–H and O–H groups in total. The summed E-state index contributed by atoms with van der Waals surface area (Å²) < 4.78 is 5.32. The Morgan fingerprint density at radius 1 is 1.43 bits per heavy atom. The third-order valence-electron chi connectivity index (χ3n) is 4.68. The van der Waals surface area contributed by atoms with Gasteiger partial charge in [0, 0.05) is 12.6 Å². The average Bonchev–Trinajstić information content (AvgIpc) is 2.83. The van der Waals surface area contributed by atoms with Crippen LogP contribution in [-0.2, 0) is 6.54 Å². The Balaban J connectivity index is 2.04. The van der Waals surface area contributed by atoms with Gasteiger partial charge in [0.1, 0.15) is 5.75 Å². The van der Waals surface area contributed by atoms with E-state index in [0.717, 1.165) is 18.0 Å². The molecule has 1 fully saturated rings. The van der Waals surface area contributed by atoms with Crippen molar-refractivity contribution in [3.63, 3.8) is 0 Å². The smallest absolute Gasteiger partial charge is 0.173 e. The van der Waals surface area contributed by atoms with Crippen molar-refractivity contribution in [1.29, 1.82) is 0 Å². The van der Waals surface area contributed by atoms with Gasteiger partial charge in [-0.2, -0.15) is 0 Å². The third kappa shape index (κ3) is 3.47. The zero-order chi connectivity index (χ0) is 15.4. The van der Waals surface area contributed by atoms with Crippen LogP contribution in [-0.4, -0.2) is 24.2 Å². The zero-order valence-corrected chi connectivity index (χ0v) is 13.0. The van der Waals surface area contributed by atoms with Crippen molar-refractivity contribution in [2.75, 3.05) is 7.11 Å². The first-order valence-corrected chi connectivity index (χ1v) is 7.45. The number of nitrogens with one attached hydrogen (secondary N) is 1. The molecule has 0 amide bonds. The lowest BCUT2D eigenvalue weighted by Crippen LogP contribution is -2.31. The number of nitrogens with zero attached hydrogens (tertiary/aromatic N) is 1. The minimum atomic E-state index is 0.0598. The Hall–Kier alpha value is -1.75. The molecule has 1 aliphatic rings. The second kappa shape index (κ2) is 6.80. The molecule has 5 heteroatoms. The second-order valence-electron chi connectivity index (χ2n) is 5.92. The summed E-state index contributed by atoms with van der Waals surface area (Å²) in [5, 5.41) is 15.4. The van der Waals surface area contributed by atoms with Crippen LogP contribution in [0.15, 0.2) is 23.4 Å². The standard InChI is InChI=1S/C16H25N3O2/c1-10-4-7-14(11(10)2)18-9-12-5-6-13(16(17)19-20)15(8-12)21-3/h5-6,8,10-11,14,18,20H,4,7,9H2,1-3H3,(H2,17,19). The van der Waals surface area contributed by atoms with E-state index in [1.54, 1.807) is 7.11 Å². The molecule has 1 aromatic rings. The fourth-order valence-corrected chi connectivity index (χ4v) is 3.01. The summed E-state index contributed by atoms with van der Waals surface area (Å²) in [6, 6.07) is 6.32. The van der Waals surface area contributed by atoms with Crippen molar-refractivity contribution in [2.45, 2.75) is 39.3 Å². The number of oxime groups is 1. The fourth-order valence-electron chi connectivity index (χ4n) is 3.01. The molecule has 3 unspecified atom stereocenters. The Kier molecular flexibility index (Phi) is 5.07. The molecule has 1 saturated carbocycles. The number of benzene rings is 1. The first-order chi connectivity index (χ1) is 10.1. The molecule has 5 nitrogen and oxygen atoms in total. The van der Waals surface area contributed by atoms with Crippen LogP contribution in [0.25, 0.3) is 0 Å². The van der Waals surface area contributed by atoms with Gasteiger partial charge in [-0.3, -0.25) is 0 Å². The molecule has 0 aromatic heterocycles. The summed E-state index contributed by atoms with van der Waals surface area (Å²) in [6.45, 7) is 5.44. The van der Waals surface area contributed by atoms with E-state index in [4.69, 9.17) is 15.7 Å². The van der Waals surface area contributed by atoms with Gasteiger partial charge in [0.25, 0.3) is 0 Å². The topological polar surface area (TPSA) is 79.9 Å². The number of amidine groups is 1. The summed E-state index contributed by atoms with van der Waals surface area (Å²) >= 11 is 0. The number of methoxy groups -OCH3 is 1. The number of hydrogen-bond acceptors (Lipinski definition) is 4. The van der Waals surface area contributed by atoms with E-state index in [1.807, 2.05) is 18.2 Å². The van der Waals surface area contributed by atoms with E-state index in [2.05, 4.69) is 24.3 Å². The van der Waals surface area contributed by atoms with Crippen molar-refractivity contribution in [3.05, 3.63) is 29.3 Å². The van der Waals surface area contributed by atoms with Crippen LogP contribution in [0.5, 0.6) is 5.75 Å². The van der Waals surface area contributed by atoms with E-state index < -0.39 is 0 Å². The summed E-state index contributed by atoms with van der Waals surface area (Å²) in [7, 11) is 1.58. The Labute approximate surface area is 126 Å². The summed E-state index contributed by atoms with van der Waals surface area (Å²) in [5.41, 5.74) is 7.37. The van der Waals surface area contributed by atoms with E-state index >= 15 is 0 Å². The van der Waals surface area contributed by atoms with Crippen LogP contribution in [0.3, 0.4) is 0 Å². The maximum atomic E-state index is 8.77. The van der Waals surface area contributed by atoms with Crippen LogP contribution in [0, 0.1) is 11.8 Å². The third-order valence-corrected chi connectivity index (χ3v) is 4.68. The first-order valence-electron chi connectivity index (χ1n) is 7.45. The number of nitrogens with two attached hydrogens (primary N) is 1. The van der Waals surface area contributed by atoms with Gasteiger partial charge < -0.3 is 21.0 Å². The van der Waals surface area contributed by atoms with Crippen molar-refractivity contribution < 1.29 is 9.94 Å². The highest BCUT2D eigenvalue weighted by Gasteiger charge is 2.29. The molecule has 0 spiro atoms. The molecule has 1 aliphatic carbocycles. The molecule has 0 saturated heterocycles. The molecule has 2 rings (SSSR count). The van der Waals surface area contributed by atoms with Gasteiger partial charge in [-0.05, 0) is 42.4 Å². The van der Waals surface area contributed by atoms with Gasteiger partial charge in [-0.1, -0.05) is 25.1 Å². The SMILES string of the molecule is COc1cc(CNC2CCC(C)C2C)ccc1/C(N)=N/O. The molecule has 0 bridgehead atoms. The van der Waals surface area contributed by atoms with Crippen molar-refractivity contribution in [1.82, 2.24) is 5.32 Å². The highest BCUT2D eigenvalue weighted by atomic mass is 16.5. The van der Waals surface area contributed by atoms with Gasteiger partial charge in [-0.25, -0.2) is 0 Å². The molecule has 0 aliphatic heterocycles. The van der Waals surface area contributed by atoms with Gasteiger partial charge in [-0.15, -0.1) is 0 Å². The van der Waals surface area contributed by atoms with Crippen molar-refractivity contribution in [2.24, 2.45) is 22.7 Å². The predicted molar refractivity (Wildman–Crippen MR) is 83.7 cm³/mol. The minimum Gasteiger partial charge on any atom is -0.496 e. The Morgan fingerprint density at radius 3 is 2.76 bits per heavy atom. The highest BCUT2D eigenvalue weighted by Crippen LogP contribution is 2.31. The molecular formula is C16H25N3O2. The van der Waals surface area contributed by atoms with Gasteiger partial charge in [0.2, 0.25) is 0 Å². The minimum absolute atomic E-state index is 0.0598. The second-order valence-corrected chi connectivity index (χ2v) is 5.92. The Bertz CT molecular complexity index is 516. The predicted octanol–water partition coefficient (Wildman–Crippen LogP) is 2.31. The van der Waals surface area contributed by atoms with Crippen LogP contribution < -0.4 is 15.8 Å². The number of hydrogen-bond donors (Lipinski definition) is 3. The van der Waals surface area contributed by atoms with E-state index in [-0.39, 0.29) is 5.84 Å². The number of rotatable bonds is 5. The Morgan fingerprint density at radius 2 is 2.19 bits per heavy atom. The lowest BCUT2D eigenvalue weighted by atomic mass is 9.97. The summed E-state index contributed by atoms with van der Waals surface area (Å²) in [4.78, 5) is 0. The normalized spacial score (nSPS) is 26.0. The van der Waals surface area contributed by atoms with Crippen LogP contribution in [0.2, 0.25) is 0 Å². The molecule has 21 heavy (non-hydrogen) atoms. The lowest BCUT2D eigenvalue weighted by molar-refractivity contribution is 0.318. The van der Waals surface area contributed by atoms with E-state index in [1.165, 1.54) is 12.8 Å². The van der Waals surface area contributed by atoms with Gasteiger partial charge >= 0.3 is 0 Å². The van der Waals surface area contributed by atoms with Crippen LogP contribution in [0.1, 0.15) is 37.8 Å². The molecule has 0 heterocycles. The van der Waals surface area contributed by atoms with Crippen LogP contribution >= 0.6 is 0 Å². The van der Waals surface area contributed by atoms with E-state index in [0.29, 0.717) is 23.3 Å². The summed E-state index contributed by atoms with van der Waals surface area (Å²) in [5.74, 6) is 2.19. The van der Waals surface area contributed by atoms with Crippen LogP contribution in [0.4, 0.5) is 0 Å². The largest absolute Gasteiger partial charge is 0.496 e. The van der Waals surface area contributed by atoms with E-state index in [9.17, 15) is 0 Å². The monoisotopic (exact) mass is 291 g/mol. The highest BCUT2D eigenvalue weighted by molar-refractivity contribution is 5.99. The van der Waals surface area contributed by atoms with Gasteiger partial charge in [0.15, 0.2) is 5.84 Å². The van der Waals surface area contributed by atoms with Crippen molar-refractivity contribution >= 4 is 5.84 Å². The molecule has 3 atom stereocenters. The van der Waals surface area contributed by atoms with Gasteiger partial charge in [0.05, 0.1) is 12.7 Å². The maximum absolute atomic E-state index is 8.77. The lowest BCUT2D eigenvalue weighted by Gasteiger charge is -2.20. The average molecular weight is 291 g/mol. The maximum Gasteiger partial charge on any atom is 0.173 e. The quantitative estimate of drug-likeness (QED) is 0.336. The molecule has 1 aromatic carbocycles.